The number of aromatic nitrogens is 2. The molecule has 0 N–H and O–H groups in total. The molecule has 0 saturated carbocycles. The highest BCUT2D eigenvalue weighted by molar-refractivity contribution is 8.00. The summed E-state index contributed by atoms with van der Waals surface area (Å²) in [7, 11) is 0. The molecule has 0 spiro atoms. The van der Waals surface area contributed by atoms with Crippen LogP contribution < -0.4 is 4.90 Å². The van der Waals surface area contributed by atoms with Crippen molar-refractivity contribution in [1.82, 2.24) is 9.97 Å². The van der Waals surface area contributed by atoms with E-state index >= 15 is 0 Å². The summed E-state index contributed by atoms with van der Waals surface area (Å²) in [6.07, 6.45) is 0. The van der Waals surface area contributed by atoms with E-state index in [2.05, 4.69) is 9.97 Å². The maximum Gasteiger partial charge on any atom is 0.237 e. The summed E-state index contributed by atoms with van der Waals surface area (Å²) < 4.78 is 0. The molecule has 3 rings (SSSR count). The van der Waals surface area contributed by atoms with Crippen molar-refractivity contribution in [3.8, 4) is 0 Å². The first-order chi connectivity index (χ1) is 11.7. The lowest BCUT2D eigenvalue weighted by Crippen LogP contribution is -2.32. The van der Waals surface area contributed by atoms with Crippen LogP contribution in [0.15, 0.2) is 59.6 Å². The Morgan fingerprint density at radius 2 is 1.75 bits per heavy atom. The summed E-state index contributed by atoms with van der Waals surface area (Å²) in [5.74, 6) is 1.15. The van der Waals surface area contributed by atoms with Gasteiger partial charge in [0.15, 0.2) is 0 Å². The van der Waals surface area contributed by atoms with Crippen molar-refractivity contribution in [1.29, 1.82) is 0 Å². The smallest absolute Gasteiger partial charge is 0.237 e. The first kappa shape index (κ1) is 16.5. The van der Waals surface area contributed by atoms with Crippen molar-refractivity contribution >= 4 is 34.3 Å². The van der Waals surface area contributed by atoms with E-state index in [0.717, 1.165) is 27.4 Å². The highest BCUT2D eigenvalue weighted by Gasteiger charge is 2.15. The van der Waals surface area contributed by atoms with Crippen LogP contribution in [0.25, 0.3) is 10.9 Å². The van der Waals surface area contributed by atoms with E-state index < -0.39 is 0 Å². The van der Waals surface area contributed by atoms with E-state index in [0.29, 0.717) is 12.3 Å². The Kier molecular flexibility index (Phi) is 5.11. The number of amides is 1. The molecular weight excluding hydrogens is 318 g/mol. The van der Waals surface area contributed by atoms with Crippen molar-refractivity contribution in [2.24, 2.45) is 0 Å². The van der Waals surface area contributed by atoms with Gasteiger partial charge in [-0.3, -0.25) is 4.79 Å². The summed E-state index contributed by atoms with van der Waals surface area (Å²) in [6.45, 7) is 4.51. The van der Waals surface area contributed by atoms with Crippen LogP contribution in [0.5, 0.6) is 0 Å². The fourth-order valence-corrected chi connectivity index (χ4v) is 3.53. The van der Waals surface area contributed by atoms with Gasteiger partial charge in [0.25, 0.3) is 0 Å². The third-order valence-corrected chi connectivity index (χ3v) is 4.67. The molecule has 0 saturated heterocycles. The largest absolute Gasteiger partial charge is 0.312 e. The normalized spacial score (nSPS) is 10.8. The molecule has 2 aromatic carbocycles. The minimum atomic E-state index is 0.0778. The predicted molar refractivity (Wildman–Crippen MR) is 99.5 cm³/mol. The van der Waals surface area contributed by atoms with Crippen molar-refractivity contribution in [3.63, 3.8) is 0 Å². The summed E-state index contributed by atoms with van der Waals surface area (Å²) in [4.78, 5) is 23.4. The number of thioether (sulfide) groups is 1. The van der Waals surface area contributed by atoms with Crippen LogP contribution in [0.1, 0.15) is 12.7 Å². The summed E-state index contributed by atoms with van der Waals surface area (Å²) in [5, 5.41) is 1.85. The van der Waals surface area contributed by atoms with E-state index in [1.54, 1.807) is 4.90 Å². The second-order valence-corrected chi connectivity index (χ2v) is 6.32. The van der Waals surface area contributed by atoms with E-state index in [9.17, 15) is 4.79 Å². The lowest BCUT2D eigenvalue weighted by atomic mass is 10.2. The van der Waals surface area contributed by atoms with Gasteiger partial charge in [0.2, 0.25) is 5.91 Å². The van der Waals surface area contributed by atoms with Crippen molar-refractivity contribution in [2.45, 2.75) is 18.9 Å². The Hall–Kier alpha value is -2.40. The Morgan fingerprint density at radius 1 is 1.04 bits per heavy atom. The number of aryl methyl sites for hydroxylation is 1. The molecule has 1 aromatic heterocycles. The lowest BCUT2D eigenvalue weighted by Gasteiger charge is -2.20. The number of anilines is 1. The van der Waals surface area contributed by atoms with Gasteiger partial charge in [0.1, 0.15) is 10.9 Å². The molecule has 5 heteroatoms. The molecule has 0 atom stereocenters. The fourth-order valence-electron chi connectivity index (χ4n) is 2.59. The Bertz CT molecular complexity index is 852. The molecule has 24 heavy (non-hydrogen) atoms. The topological polar surface area (TPSA) is 46.1 Å². The summed E-state index contributed by atoms with van der Waals surface area (Å²) in [6, 6.07) is 17.6. The van der Waals surface area contributed by atoms with Crippen molar-refractivity contribution in [3.05, 3.63) is 60.4 Å². The van der Waals surface area contributed by atoms with Crippen molar-refractivity contribution < 1.29 is 4.79 Å². The number of hydrogen-bond acceptors (Lipinski definition) is 4. The second-order valence-electron chi connectivity index (χ2n) is 5.36. The number of rotatable bonds is 5. The Labute approximate surface area is 145 Å². The number of carbonyl (C=O) groups is 1. The zero-order valence-corrected chi connectivity index (χ0v) is 14.6. The number of carbonyl (C=O) groups excluding carboxylic acids is 1. The zero-order valence-electron chi connectivity index (χ0n) is 13.8. The molecule has 122 valence electrons. The lowest BCUT2D eigenvalue weighted by molar-refractivity contribution is -0.116. The third kappa shape index (κ3) is 3.57. The standard InChI is InChI=1S/C19H19N3OS/c1-3-22(15-9-5-4-6-10-15)18(23)13-24-19-16-11-7-8-12-17(16)20-14(2)21-19/h4-12H,3,13H2,1-2H3. The zero-order chi connectivity index (χ0) is 16.9. The molecule has 3 aromatic rings. The molecule has 0 aliphatic rings. The maximum atomic E-state index is 12.6. The molecule has 0 aliphatic heterocycles. The fraction of sp³-hybridized carbons (Fsp3) is 0.211. The number of benzene rings is 2. The SMILES string of the molecule is CCN(C(=O)CSc1nc(C)nc2ccccc12)c1ccccc1. The van der Waals surface area contributed by atoms with Crippen LogP contribution in [-0.2, 0) is 4.79 Å². The quantitative estimate of drug-likeness (QED) is 0.520. The minimum Gasteiger partial charge on any atom is -0.312 e. The molecular formula is C19H19N3OS. The van der Waals surface area contributed by atoms with E-state index in [1.165, 1.54) is 11.8 Å². The van der Waals surface area contributed by atoms with Gasteiger partial charge in [0.05, 0.1) is 11.3 Å². The number of para-hydroxylation sites is 2. The number of fused-ring (bicyclic) bond motifs is 1. The average Bonchev–Trinajstić information content (AvgIpc) is 2.61. The van der Waals surface area contributed by atoms with Gasteiger partial charge >= 0.3 is 0 Å². The van der Waals surface area contributed by atoms with E-state index in [1.807, 2.05) is 68.4 Å². The van der Waals surface area contributed by atoms with Crippen LogP contribution >= 0.6 is 11.8 Å². The highest BCUT2D eigenvalue weighted by Crippen LogP contribution is 2.26. The van der Waals surface area contributed by atoms with Crippen LogP contribution in [-0.4, -0.2) is 28.2 Å². The van der Waals surface area contributed by atoms with Gasteiger partial charge in [0, 0.05) is 17.6 Å². The summed E-state index contributed by atoms with van der Waals surface area (Å²) in [5.41, 5.74) is 1.84. The molecule has 0 unspecified atom stereocenters. The Balaban J connectivity index is 1.79. The number of nitrogens with zero attached hydrogens (tertiary/aromatic N) is 3. The van der Waals surface area contributed by atoms with E-state index in [4.69, 9.17) is 0 Å². The van der Waals surface area contributed by atoms with Gasteiger partial charge in [-0.2, -0.15) is 0 Å². The van der Waals surface area contributed by atoms with Crippen LogP contribution in [0.4, 0.5) is 5.69 Å². The van der Waals surface area contributed by atoms with Gasteiger partial charge < -0.3 is 4.90 Å². The molecule has 0 aliphatic carbocycles. The molecule has 4 nitrogen and oxygen atoms in total. The molecule has 1 heterocycles. The van der Waals surface area contributed by atoms with E-state index in [-0.39, 0.29) is 5.91 Å². The molecule has 0 radical (unpaired) electrons. The van der Waals surface area contributed by atoms with Gasteiger partial charge in [-0.1, -0.05) is 48.2 Å². The maximum absolute atomic E-state index is 12.6. The average molecular weight is 337 g/mol. The molecule has 1 amide bonds. The van der Waals surface area contributed by atoms with Crippen LogP contribution in [0, 0.1) is 6.92 Å². The van der Waals surface area contributed by atoms with Gasteiger partial charge in [-0.15, -0.1) is 0 Å². The second kappa shape index (κ2) is 7.45. The summed E-state index contributed by atoms with van der Waals surface area (Å²) >= 11 is 1.47. The minimum absolute atomic E-state index is 0.0778. The first-order valence-electron chi connectivity index (χ1n) is 7.90. The molecule has 0 fully saturated rings. The molecule has 0 bridgehead atoms. The van der Waals surface area contributed by atoms with Crippen LogP contribution in [0.2, 0.25) is 0 Å². The van der Waals surface area contributed by atoms with Gasteiger partial charge in [-0.05, 0) is 32.0 Å². The third-order valence-electron chi connectivity index (χ3n) is 3.70. The number of hydrogen-bond donors (Lipinski definition) is 0. The predicted octanol–water partition coefficient (Wildman–Crippen LogP) is 4.08. The van der Waals surface area contributed by atoms with Crippen molar-refractivity contribution in [2.75, 3.05) is 17.2 Å². The Morgan fingerprint density at radius 3 is 2.50 bits per heavy atom. The highest BCUT2D eigenvalue weighted by atomic mass is 32.2. The monoisotopic (exact) mass is 337 g/mol. The van der Waals surface area contributed by atoms with Crippen LogP contribution in [0.3, 0.4) is 0 Å². The van der Waals surface area contributed by atoms with Gasteiger partial charge in [-0.25, -0.2) is 9.97 Å². The first-order valence-corrected chi connectivity index (χ1v) is 8.89.